The van der Waals surface area contributed by atoms with Crippen LogP contribution in [0.3, 0.4) is 0 Å². The fraction of sp³-hybridized carbons (Fsp3) is 1.00. The molecule has 0 heterocycles. The van der Waals surface area contributed by atoms with Crippen molar-refractivity contribution in [3.8, 4) is 0 Å². The molecule has 0 aromatic carbocycles. The molecule has 17 heavy (non-hydrogen) atoms. The fourth-order valence-electron chi connectivity index (χ4n) is 2.38. The molecule has 0 aromatic heterocycles. The van der Waals surface area contributed by atoms with Crippen molar-refractivity contribution in [3.63, 3.8) is 0 Å². The summed E-state index contributed by atoms with van der Waals surface area (Å²) in [6, 6.07) is 0. The van der Waals surface area contributed by atoms with Crippen LogP contribution in [0.4, 0.5) is 0 Å². The minimum absolute atomic E-state index is 0.362. The van der Waals surface area contributed by atoms with Crippen molar-refractivity contribution in [1.29, 1.82) is 0 Å². The molecule has 104 valence electrons. The van der Waals surface area contributed by atoms with E-state index in [0.29, 0.717) is 15.8 Å². The van der Waals surface area contributed by atoms with Crippen LogP contribution < -0.4 is 0 Å². The molecule has 0 aliphatic rings. The van der Waals surface area contributed by atoms with Gasteiger partial charge in [0, 0.05) is 0 Å². The second-order valence-electron chi connectivity index (χ2n) is 5.49. The molecule has 0 N–H and O–H groups in total. The zero-order valence-corrected chi connectivity index (χ0v) is 14.8. The van der Waals surface area contributed by atoms with E-state index < -0.39 is 0 Å². The van der Waals surface area contributed by atoms with Gasteiger partial charge in [-0.15, -0.1) is 0 Å². The molecule has 1 heteroatoms. The molecule has 0 aliphatic heterocycles. The van der Waals surface area contributed by atoms with E-state index in [0.717, 1.165) is 11.8 Å². The molecule has 0 nitrogen and oxygen atoms in total. The molecular weight excluding hydrogens is 267 g/mol. The van der Waals surface area contributed by atoms with Crippen molar-refractivity contribution in [2.45, 2.75) is 89.5 Å². The van der Waals surface area contributed by atoms with Gasteiger partial charge in [-0.05, 0) is 0 Å². The topological polar surface area (TPSA) is 0 Å². The second kappa shape index (κ2) is 13.0. The number of rotatable bonds is 12. The van der Waals surface area contributed by atoms with Crippen LogP contribution in [0.25, 0.3) is 0 Å². The van der Waals surface area contributed by atoms with Crippen molar-refractivity contribution in [2.24, 2.45) is 11.8 Å². The molecule has 0 aromatic rings. The summed E-state index contributed by atoms with van der Waals surface area (Å²) in [4.78, 5) is 0. The average Bonchev–Trinajstić information content (AvgIpc) is 2.37. The fourth-order valence-corrected chi connectivity index (χ4v) is 6.51. The molecule has 0 rings (SSSR count). The first-order valence-electron chi connectivity index (χ1n) is 7.99. The van der Waals surface area contributed by atoms with Gasteiger partial charge in [0.2, 0.25) is 0 Å². The summed E-state index contributed by atoms with van der Waals surface area (Å²) in [5, 5.41) is 3.22. The van der Waals surface area contributed by atoms with Gasteiger partial charge in [-0.25, -0.2) is 0 Å². The second-order valence-corrected chi connectivity index (χ2v) is 8.25. The van der Waals surface area contributed by atoms with Gasteiger partial charge >= 0.3 is 117 Å². The van der Waals surface area contributed by atoms with Gasteiger partial charge in [-0.2, -0.15) is 0 Å². The zero-order chi connectivity index (χ0) is 12.9. The minimum atomic E-state index is 0.362. The third-order valence-electron chi connectivity index (χ3n) is 3.95. The molecule has 0 saturated carbocycles. The van der Waals surface area contributed by atoms with E-state index in [-0.39, 0.29) is 0 Å². The van der Waals surface area contributed by atoms with Crippen LogP contribution in [0, 0.1) is 11.8 Å². The van der Waals surface area contributed by atoms with Crippen molar-refractivity contribution in [3.05, 3.63) is 0 Å². The molecule has 2 unspecified atom stereocenters. The molecule has 0 aliphatic carbocycles. The summed E-state index contributed by atoms with van der Waals surface area (Å²) in [5.41, 5.74) is 0. The summed E-state index contributed by atoms with van der Waals surface area (Å²) < 4.78 is 0. The summed E-state index contributed by atoms with van der Waals surface area (Å²) in [6.45, 7) is 9.42. The summed E-state index contributed by atoms with van der Waals surface area (Å²) >= 11 is 0.362. The van der Waals surface area contributed by atoms with Gasteiger partial charge in [0.15, 0.2) is 0 Å². The van der Waals surface area contributed by atoms with Gasteiger partial charge in [0.05, 0.1) is 0 Å². The molecule has 0 amide bonds. The molecule has 2 atom stereocenters. The van der Waals surface area contributed by atoms with Crippen molar-refractivity contribution >= 4 is 15.8 Å². The quantitative estimate of drug-likeness (QED) is 0.406. The van der Waals surface area contributed by atoms with E-state index in [4.69, 9.17) is 0 Å². The molecule has 0 spiro atoms. The van der Waals surface area contributed by atoms with E-state index in [9.17, 15) is 0 Å². The Bertz CT molecular complexity index is 128. The molecule has 0 saturated heterocycles. The van der Waals surface area contributed by atoms with Crippen LogP contribution in [-0.2, 0) is 0 Å². The summed E-state index contributed by atoms with van der Waals surface area (Å²) in [7, 11) is 0. The predicted octanol–water partition coefficient (Wildman–Crippen LogP) is 5.69. The number of hydrogen-bond donors (Lipinski definition) is 0. The van der Waals surface area contributed by atoms with Crippen molar-refractivity contribution in [2.75, 3.05) is 0 Å². The van der Waals surface area contributed by atoms with Gasteiger partial charge < -0.3 is 0 Å². The molecule has 0 bridgehead atoms. The SMILES string of the molecule is CCCCC(CC)C[AsH]CC(CC)CCCC. The number of hydrogen-bond acceptors (Lipinski definition) is 0. The van der Waals surface area contributed by atoms with Crippen LogP contribution in [-0.4, -0.2) is 15.8 Å². The molecule has 0 fully saturated rings. The van der Waals surface area contributed by atoms with Crippen LogP contribution in [0.15, 0.2) is 0 Å². The standard InChI is InChI=1S/C16H35As/c1-5-9-11-15(7-3)13-17-14-16(8-4)12-10-6-2/h15-17H,5-14H2,1-4H3. The Hall–Kier alpha value is 0.558. The molecule has 0 radical (unpaired) electrons. The Morgan fingerprint density at radius 3 is 1.41 bits per heavy atom. The summed E-state index contributed by atoms with van der Waals surface area (Å²) in [6.07, 6.45) is 11.5. The van der Waals surface area contributed by atoms with Gasteiger partial charge in [-0.3, -0.25) is 0 Å². The van der Waals surface area contributed by atoms with Gasteiger partial charge in [0.1, 0.15) is 0 Å². The third kappa shape index (κ3) is 10.2. The van der Waals surface area contributed by atoms with Gasteiger partial charge in [-0.1, -0.05) is 0 Å². The van der Waals surface area contributed by atoms with Crippen molar-refractivity contribution in [1.82, 2.24) is 0 Å². The Kier molecular flexibility index (Phi) is 13.4. The van der Waals surface area contributed by atoms with E-state index in [1.165, 1.54) is 51.4 Å². The Morgan fingerprint density at radius 2 is 1.12 bits per heavy atom. The van der Waals surface area contributed by atoms with Crippen molar-refractivity contribution < 1.29 is 0 Å². The average molecular weight is 302 g/mol. The first kappa shape index (κ1) is 17.6. The predicted molar refractivity (Wildman–Crippen MR) is 83.4 cm³/mol. The normalized spacial score (nSPS) is 15.5. The Balaban J connectivity index is 3.61. The monoisotopic (exact) mass is 302 g/mol. The van der Waals surface area contributed by atoms with E-state index in [2.05, 4.69) is 27.7 Å². The first-order valence-corrected chi connectivity index (χ1v) is 11.0. The van der Waals surface area contributed by atoms with E-state index >= 15 is 0 Å². The third-order valence-corrected chi connectivity index (χ3v) is 7.59. The van der Waals surface area contributed by atoms with Crippen LogP contribution in [0.5, 0.6) is 0 Å². The van der Waals surface area contributed by atoms with E-state index in [1.807, 2.05) is 0 Å². The number of unbranched alkanes of at least 4 members (excludes halogenated alkanes) is 2. The maximum absolute atomic E-state index is 2.39. The zero-order valence-electron chi connectivity index (χ0n) is 12.7. The summed E-state index contributed by atoms with van der Waals surface area (Å²) in [5.74, 6) is 2.14. The Morgan fingerprint density at radius 1 is 0.706 bits per heavy atom. The van der Waals surface area contributed by atoms with Crippen LogP contribution in [0.2, 0.25) is 10.4 Å². The van der Waals surface area contributed by atoms with Gasteiger partial charge in [0.25, 0.3) is 0 Å². The molecular formula is C16H35As. The van der Waals surface area contributed by atoms with Crippen LogP contribution >= 0.6 is 0 Å². The Labute approximate surface area is 117 Å². The first-order chi connectivity index (χ1) is 8.28. The maximum atomic E-state index is 2.39. The van der Waals surface area contributed by atoms with E-state index in [1.54, 1.807) is 10.4 Å². The van der Waals surface area contributed by atoms with Crippen LogP contribution in [0.1, 0.15) is 79.1 Å².